The van der Waals surface area contributed by atoms with Gasteiger partial charge in [-0.25, -0.2) is 0 Å². The maximum absolute atomic E-state index is 9.16. The van der Waals surface area contributed by atoms with Gasteiger partial charge in [0.2, 0.25) is 0 Å². The van der Waals surface area contributed by atoms with E-state index in [9.17, 15) is 0 Å². The van der Waals surface area contributed by atoms with Crippen LogP contribution >= 0.6 is 0 Å². The minimum absolute atomic E-state index is 0.0695. The van der Waals surface area contributed by atoms with E-state index in [1.807, 2.05) is 6.92 Å². The molecule has 0 aliphatic heterocycles. The van der Waals surface area contributed by atoms with E-state index in [1.165, 1.54) is 6.42 Å². The van der Waals surface area contributed by atoms with Crippen molar-refractivity contribution in [2.45, 2.75) is 46.1 Å². The molecule has 0 aromatic heterocycles. The molecule has 0 aliphatic carbocycles. The van der Waals surface area contributed by atoms with Crippen molar-refractivity contribution < 1.29 is 5.11 Å². The van der Waals surface area contributed by atoms with E-state index in [1.54, 1.807) is 0 Å². The summed E-state index contributed by atoms with van der Waals surface area (Å²) >= 11 is 0. The molecule has 9 heavy (non-hydrogen) atoms. The second-order valence-electron chi connectivity index (χ2n) is 2.81. The number of hydrogen-bond donors (Lipinski definition) is 1. The molecule has 2 atom stereocenters. The predicted octanol–water partition coefficient (Wildman–Crippen LogP) is 2.19. The zero-order chi connectivity index (χ0) is 7.28. The normalized spacial score (nSPS) is 17.3. The van der Waals surface area contributed by atoms with E-state index >= 15 is 0 Å². The molecule has 1 nitrogen and oxygen atoms in total. The molecular weight excluding hydrogens is 112 g/mol. The van der Waals surface area contributed by atoms with Gasteiger partial charge >= 0.3 is 0 Å². The molecule has 0 aliphatic rings. The Kier molecular flexibility index (Phi) is 4.78. The minimum atomic E-state index is -0.0695. The Bertz CT molecular complexity index is 53.6. The quantitative estimate of drug-likeness (QED) is 0.618. The average molecular weight is 130 g/mol. The van der Waals surface area contributed by atoms with Gasteiger partial charge in [-0.05, 0) is 18.8 Å². The summed E-state index contributed by atoms with van der Waals surface area (Å²) in [7, 11) is 0. The van der Waals surface area contributed by atoms with Crippen LogP contribution in [0, 0.1) is 5.92 Å². The summed E-state index contributed by atoms with van der Waals surface area (Å²) in [5.41, 5.74) is 0. The Morgan fingerprint density at radius 2 is 1.78 bits per heavy atom. The predicted molar refractivity (Wildman–Crippen MR) is 40.4 cm³/mol. The highest BCUT2D eigenvalue weighted by molar-refractivity contribution is 4.57. The summed E-state index contributed by atoms with van der Waals surface area (Å²) in [5, 5.41) is 9.16. The van der Waals surface area contributed by atoms with E-state index in [4.69, 9.17) is 5.11 Å². The zero-order valence-electron chi connectivity index (χ0n) is 6.72. The number of aliphatic hydroxyl groups is 1. The van der Waals surface area contributed by atoms with Gasteiger partial charge in [-0.15, -0.1) is 0 Å². The molecule has 0 saturated heterocycles. The molecule has 0 heterocycles. The number of hydrogen-bond acceptors (Lipinski definition) is 1. The van der Waals surface area contributed by atoms with E-state index in [2.05, 4.69) is 13.8 Å². The molecule has 0 aromatic carbocycles. The monoisotopic (exact) mass is 130 g/mol. The Labute approximate surface area is 58.1 Å². The summed E-state index contributed by atoms with van der Waals surface area (Å²) < 4.78 is 0. The molecule has 0 unspecified atom stereocenters. The van der Waals surface area contributed by atoms with Crippen LogP contribution in [0.4, 0.5) is 0 Å². The Morgan fingerprint density at radius 3 is 2.11 bits per heavy atom. The lowest BCUT2D eigenvalue weighted by Crippen LogP contribution is -2.09. The molecule has 56 valence electrons. The smallest absolute Gasteiger partial charge is 0.0540 e. The largest absolute Gasteiger partial charge is 0.393 e. The van der Waals surface area contributed by atoms with Crippen molar-refractivity contribution in [3.8, 4) is 0 Å². The highest BCUT2D eigenvalue weighted by atomic mass is 16.3. The van der Waals surface area contributed by atoms with Crippen LogP contribution in [0.1, 0.15) is 40.0 Å². The van der Waals surface area contributed by atoms with Gasteiger partial charge in [0.1, 0.15) is 0 Å². The van der Waals surface area contributed by atoms with Gasteiger partial charge in [0, 0.05) is 0 Å². The fourth-order valence-corrected chi connectivity index (χ4v) is 0.798. The third-order valence-electron chi connectivity index (χ3n) is 1.84. The van der Waals surface area contributed by atoms with E-state index in [0.717, 1.165) is 12.8 Å². The zero-order valence-corrected chi connectivity index (χ0v) is 6.72. The van der Waals surface area contributed by atoms with Crippen LogP contribution in [0.3, 0.4) is 0 Å². The fraction of sp³-hybridized carbons (Fsp3) is 1.00. The molecular formula is C8H18O. The third-order valence-corrected chi connectivity index (χ3v) is 1.84. The lowest BCUT2D eigenvalue weighted by atomic mass is 10.00. The minimum Gasteiger partial charge on any atom is -0.393 e. The van der Waals surface area contributed by atoms with Gasteiger partial charge in [0.05, 0.1) is 6.10 Å². The summed E-state index contributed by atoms with van der Waals surface area (Å²) in [5.74, 6) is 0.681. The summed E-state index contributed by atoms with van der Waals surface area (Å²) in [6, 6.07) is 0. The van der Waals surface area contributed by atoms with Crippen LogP contribution in [0.15, 0.2) is 0 Å². The molecule has 0 saturated carbocycles. The molecule has 0 rings (SSSR count). The van der Waals surface area contributed by atoms with Crippen LogP contribution in [0.2, 0.25) is 0 Å². The lowest BCUT2D eigenvalue weighted by molar-refractivity contribution is 0.140. The first-order valence-electron chi connectivity index (χ1n) is 3.88. The highest BCUT2D eigenvalue weighted by Gasteiger charge is 2.04. The van der Waals surface area contributed by atoms with Gasteiger partial charge in [-0.2, -0.15) is 0 Å². The second kappa shape index (κ2) is 4.80. The maximum Gasteiger partial charge on any atom is 0.0540 e. The van der Waals surface area contributed by atoms with Crippen LogP contribution in [0.5, 0.6) is 0 Å². The SMILES string of the molecule is CC[C@@H](C)C[C@H](O)CC. The van der Waals surface area contributed by atoms with Crippen LogP contribution in [-0.4, -0.2) is 11.2 Å². The molecule has 0 amide bonds. The van der Waals surface area contributed by atoms with Gasteiger partial charge in [0.15, 0.2) is 0 Å². The van der Waals surface area contributed by atoms with E-state index in [-0.39, 0.29) is 6.10 Å². The number of aliphatic hydroxyl groups excluding tert-OH is 1. The molecule has 0 aromatic rings. The second-order valence-corrected chi connectivity index (χ2v) is 2.81. The Morgan fingerprint density at radius 1 is 1.22 bits per heavy atom. The van der Waals surface area contributed by atoms with E-state index < -0.39 is 0 Å². The molecule has 1 heteroatoms. The Hall–Kier alpha value is -0.0400. The number of rotatable bonds is 4. The highest BCUT2D eigenvalue weighted by Crippen LogP contribution is 2.10. The van der Waals surface area contributed by atoms with Crippen molar-refractivity contribution >= 4 is 0 Å². The molecule has 0 fully saturated rings. The van der Waals surface area contributed by atoms with E-state index in [0.29, 0.717) is 5.92 Å². The van der Waals surface area contributed by atoms with Gasteiger partial charge < -0.3 is 5.11 Å². The van der Waals surface area contributed by atoms with Crippen LogP contribution in [-0.2, 0) is 0 Å². The van der Waals surface area contributed by atoms with Crippen LogP contribution in [0.25, 0.3) is 0 Å². The van der Waals surface area contributed by atoms with Crippen molar-refractivity contribution in [1.29, 1.82) is 0 Å². The first-order chi connectivity index (χ1) is 4.20. The summed E-state index contributed by atoms with van der Waals surface area (Å²) in [4.78, 5) is 0. The van der Waals surface area contributed by atoms with Crippen molar-refractivity contribution in [3.63, 3.8) is 0 Å². The first kappa shape index (κ1) is 8.96. The first-order valence-corrected chi connectivity index (χ1v) is 3.88. The van der Waals surface area contributed by atoms with Crippen molar-refractivity contribution in [3.05, 3.63) is 0 Å². The van der Waals surface area contributed by atoms with Crippen molar-refractivity contribution in [2.24, 2.45) is 5.92 Å². The standard InChI is InChI=1S/C8H18O/c1-4-7(3)6-8(9)5-2/h7-9H,4-6H2,1-3H3/t7-,8-/m1/s1. The summed E-state index contributed by atoms with van der Waals surface area (Å²) in [6.45, 7) is 6.36. The van der Waals surface area contributed by atoms with Gasteiger partial charge in [-0.1, -0.05) is 27.2 Å². The Balaban J connectivity index is 3.22. The fourth-order valence-electron chi connectivity index (χ4n) is 0.798. The van der Waals surface area contributed by atoms with Crippen LogP contribution < -0.4 is 0 Å². The molecule has 1 N–H and O–H groups in total. The third kappa shape index (κ3) is 4.46. The van der Waals surface area contributed by atoms with Gasteiger partial charge in [0.25, 0.3) is 0 Å². The van der Waals surface area contributed by atoms with Gasteiger partial charge in [-0.3, -0.25) is 0 Å². The molecule has 0 radical (unpaired) electrons. The lowest BCUT2D eigenvalue weighted by Gasteiger charge is -2.11. The molecule has 0 spiro atoms. The average Bonchev–Trinajstić information content (AvgIpc) is 1.87. The van der Waals surface area contributed by atoms with Crippen molar-refractivity contribution in [2.75, 3.05) is 0 Å². The van der Waals surface area contributed by atoms with Crippen molar-refractivity contribution in [1.82, 2.24) is 0 Å². The topological polar surface area (TPSA) is 20.2 Å². The maximum atomic E-state index is 9.16. The summed E-state index contributed by atoms with van der Waals surface area (Å²) in [6.07, 6.45) is 2.97. The molecule has 0 bridgehead atoms.